The molecule has 0 aliphatic heterocycles. The number of carbonyl (C=O) groups is 1. The van der Waals surface area contributed by atoms with Gasteiger partial charge in [0.25, 0.3) is 0 Å². The highest BCUT2D eigenvalue weighted by atomic mass is 79.9. The molecular formula is C20H13BrF2N2O2. The van der Waals surface area contributed by atoms with E-state index >= 15 is 0 Å². The molecule has 0 unspecified atom stereocenters. The number of halogens is 3. The molecule has 0 saturated carbocycles. The quantitative estimate of drug-likeness (QED) is 0.384. The van der Waals surface area contributed by atoms with E-state index in [1.807, 2.05) is 0 Å². The summed E-state index contributed by atoms with van der Waals surface area (Å²) in [5.74, 6) is -1.13. The molecule has 0 saturated heterocycles. The number of hydrogen-bond acceptors (Lipinski definition) is 4. The first-order valence-corrected chi connectivity index (χ1v) is 8.61. The zero-order valence-electron chi connectivity index (χ0n) is 14.1. The summed E-state index contributed by atoms with van der Waals surface area (Å²) in [4.78, 5) is 19.5. The summed E-state index contributed by atoms with van der Waals surface area (Å²) in [5, 5.41) is 1.27. The number of ether oxygens (including phenoxy) is 1. The average Bonchev–Trinajstić information content (AvgIpc) is 2.68. The van der Waals surface area contributed by atoms with Gasteiger partial charge in [-0.1, -0.05) is 15.9 Å². The third kappa shape index (κ3) is 4.25. The fourth-order valence-corrected chi connectivity index (χ4v) is 2.93. The first-order valence-electron chi connectivity index (χ1n) is 7.82. The number of rotatable bonds is 1. The van der Waals surface area contributed by atoms with Gasteiger partial charge in [-0.05, 0) is 48.5 Å². The molecule has 0 fully saturated rings. The van der Waals surface area contributed by atoms with Crippen LogP contribution in [0.2, 0.25) is 0 Å². The van der Waals surface area contributed by atoms with Crippen LogP contribution < -0.4 is 0 Å². The number of fused-ring (bicyclic) bond motifs is 2. The summed E-state index contributed by atoms with van der Waals surface area (Å²) in [6.45, 7) is 0. The lowest BCUT2D eigenvalue weighted by molar-refractivity contribution is 0.0603. The summed E-state index contributed by atoms with van der Waals surface area (Å²) in [5.41, 5.74) is 1.69. The number of benzene rings is 2. The van der Waals surface area contributed by atoms with Crippen LogP contribution in [0.5, 0.6) is 0 Å². The predicted molar refractivity (Wildman–Crippen MR) is 102 cm³/mol. The van der Waals surface area contributed by atoms with E-state index in [1.165, 1.54) is 49.7 Å². The zero-order valence-corrected chi connectivity index (χ0v) is 15.7. The van der Waals surface area contributed by atoms with Crippen molar-refractivity contribution in [1.82, 2.24) is 9.97 Å². The van der Waals surface area contributed by atoms with Crippen LogP contribution in [0, 0.1) is 11.6 Å². The Labute approximate surface area is 162 Å². The van der Waals surface area contributed by atoms with Gasteiger partial charge >= 0.3 is 5.97 Å². The van der Waals surface area contributed by atoms with Crippen LogP contribution in [0.3, 0.4) is 0 Å². The lowest BCUT2D eigenvalue weighted by atomic mass is 10.1. The molecule has 0 amide bonds. The molecule has 0 atom stereocenters. The second kappa shape index (κ2) is 8.18. The van der Waals surface area contributed by atoms with Crippen molar-refractivity contribution in [3.05, 3.63) is 82.6 Å². The van der Waals surface area contributed by atoms with Gasteiger partial charge in [-0.3, -0.25) is 9.97 Å². The van der Waals surface area contributed by atoms with Crippen LogP contribution in [0.4, 0.5) is 8.78 Å². The number of aromatic nitrogens is 2. The first kappa shape index (κ1) is 18.8. The summed E-state index contributed by atoms with van der Waals surface area (Å²) in [6, 6.07) is 11.9. The number of methoxy groups -OCH3 is 1. The Bertz CT molecular complexity index is 1140. The van der Waals surface area contributed by atoms with E-state index in [0.717, 1.165) is 15.4 Å². The van der Waals surface area contributed by atoms with E-state index in [1.54, 1.807) is 18.3 Å². The predicted octanol–water partition coefficient (Wildman–Crippen LogP) is 5.30. The second-order valence-electron chi connectivity index (χ2n) is 5.47. The molecule has 4 rings (SSSR count). The molecule has 2 heterocycles. The van der Waals surface area contributed by atoms with Gasteiger partial charge < -0.3 is 4.74 Å². The van der Waals surface area contributed by atoms with Gasteiger partial charge in [0.05, 0.1) is 23.7 Å². The van der Waals surface area contributed by atoms with Crippen LogP contribution in [0.15, 0.2) is 65.4 Å². The first-order chi connectivity index (χ1) is 13.0. The van der Waals surface area contributed by atoms with Crippen molar-refractivity contribution in [3.8, 4) is 0 Å². The zero-order chi connectivity index (χ0) is 19.4. The fourth-order valence-electron chi connectivity index (χ4n) is 2.49. The summed E-state index contributed by atoms with van der Waals surface area (Å²) < 4.78 is 31.2. The van der Waals surface area contributed by atoms with Gasteiger partial charge in [0.15, 0.2) is 0 Å². The Morgan fingerprint density at radius 1 is 0.889 bits per heavy atom. The van der Waals surface area contributed by atoms with Crippen molar-refractivity contribution in [3.63, 3.8) is 0 Å². The molecule has 0 spiro atoms. The second-order valence-corrected chi connectivity index (χ2v) is 6.32. The van der Waals surface area contributed by atoms with Crippen LogP contribution >= 0.6 is 15.9 Å². The van der Waals surface area contributed by atoms with Crippen molar-refractivity contribution in [2.24, 2.45) is 0 Å². The van der Waals surface area contributed by atoms with E-state index < -0.39 is 11.8 Å². The minimum absolute atomic E-state index is 0.240. The minimum Gasteiger partial charge on any atom is -0.465 e. The molecular weight excluding hydrogens is 418 g/mol. The number of hydrogen-bond donors (Lipinski definition) is 0. The van der Waals surface area contributed by atoms with Gasteiger partial charge in [-0.25, -0.2) is 13.6 Å². The van der Waals surface area contributed by atoms with Crippen LogP contribution in [-0.4, -0.2) is 23.0 Å². The minimum atomic E-state index is -0.493. The Kier molecular flexibility index (Phi) is 5.71. The molecule has 0 bridgehead atoms. The highest BCUT2D eigenvalue weighted by Gasteiger charge is 2.10. The van der Waals surface area contributed by atoms with Gasteiger partial charge in [-0.15, -0.1) is 0 Å². The highest BCUT2D eigenvalue weighted by molar-refractivity contribution is 9.10. The molecule has 4 nitrogen and oxygen atoms in total. The Morgan fingerprint density at radius 2 is 1.44 bits per heavy atom. The maximum absolute atomic E-state index is 13.0. The molecule has 27 heavy (non-hydrogen) atoms. The topological polar surface area (TPSA) is 52.1 Å². The number of pyridine rings is 2. The third-order valence-corrected chi connectivity index (χ3v) is 4.45. The molecule has 7 heteroatoms. The number of carbonyl (C=O) groups excluding carboxylic acids is 1. The normalized spacial score (nSPS) is 10.4. The Hall–Kier alpha value is -2.93. The SMILES string of the molecule is COC(=O)c1ccnc2ccc(F)cc12.Fc1ccc2nccc(Br)c2c1. The molecule has 2 aromatic carbocycles. The van der Waals surface area contributed by atoms with Crippen molar-refractivity contribution in [2.45, 2.75) is 0 Å². The molecule has 4 aromatic rings. The van der Waals surface area contributed by atoms with E-state index in [9.17, 15) is 13.6 Å². The van der Waals surface area contributed by atoms with Crippen LogP contribution in [0.25, 0.3) is 21.8 Å². The van der Waals surface area contributed by atoms with Crippen molar-refractivity contribution in [1.29, 1.82) is 0 Å². The largest absolute Gasteiger partial charge is 0.465 e. The molecule has 136 valence electrons. The van der Waals surface area contributed by atoms with Crippen molar-refractivity contribution < 1.29 is 18.3 Å². The maximum atomic E-state index is 13.0. The number of nitrogens with zero attached hydrogens (tertiary/aromatic N) is 2. The van der Waals surface area contributed by atoms with E-state index in [2.05, 4.69) is 30.6 Å². The smallest absolute Gasteiger partial charge is 0.338 e. The highest BCUT2D eigenvalue weighted by Crippen LogP contribution is 2.22. The maximum Gasteiger partial charge on any atom is 0.338 e. The monoisotopic (exact) mass is 430 g/mol. The fraction of sp³-hybridized carbons (Fsp3) is 0.0500. The van der Waals surface area contributed by atoms with Crippen LogP contribution in [0.1, 0.15) is 10.4 Å². The van der Waals surface area contributed by atoms with Gasteiger partial charge in [0.1, 0.15) is 11.6 Å². The molecule has 0 N–H and O–H groups in total. The summed E-state index contributed by atoms with van der Waals surface area (Å²) in [6.07, 6.45) is 3.18. The van der Waals surface area contributed by atoms with Crippen LogP contribution in [-0.2, 0) is 4.74 Å². The van der Waals surface area contributed by atoms with Gasteiger partial charge in [-0.2, -0.15) is 0 Å². The molecule has 0 radical (unpaired) electrons. The van der Waals surface area contributed by atoms with Gasteiger partial charge in [0, 0.05) is 27.6 Å². The average molecular weight is 431 g/mol. The lowest BCUT2D eigenvalue weighted by Gasteiger charge is -2.03. The molecule has 0 aliphatic rings. The lowest BCUT2D eigenvalue weighted by Crippen LogP contribution is -2.02. The summed E-state index contributed by atoms with van der Waals surface area (Å²) in [7, 11) is 1.29. The van der Waals surface area contributed by atoms with Gasteiger partial charge in [0.2, 0.25) is 0 Å². The number of esters is 1. The Morgan fingerprint density at radius 3 is 2.07 bits per heavy atom. The van der Waals surface area contributed by atoms with E-state index in [0.29, 0.717) is 16.5 Å². The van der Waals surface area contributed by atoms with E-state index in [-0.39, 0.29) is 5.82 Å². The van der Waals surface area contributed by atoms with Crippen molar-refractivity contribution >= 4 is 43.7 Å². The molecule has 0 aliphatic carbocycles. The third-order valence-electron chi connectivity index (χ3n) is 3.76. The standard InChI is InChI=1S/C11H8FNO2.C9H5BrFN/c1-15-11(14)8-4-5-13-10-3-2-7(12)6-9(8)10;10-8-3-4-12-9-2-1-6(11)5-7(8)9/h2-6H,1H3;1-5H. The molecule has 2 aromatic heterocycles. The summed E-state index contributed by atoms with van der Waals surface area (Å²) >= 11 is 3.32. The van der Waals surface area contributed by atoms with Crippen molar-refractivity contribution in [2.75, 3.05) is 7.11 Å². The van der Waals surface area contributed by atoms with E-state index in [4.69, 9.17) is 0 Å². The Balaban J connectivity index is 0.000000159.